The minimum absolute atomic E-state index is 0.139. The molecule has 0 atom stereocenters. The zero-order chi connectivity index (χ0) is 20.7. The second-order valence-corrected chi connectivity index (χ2v) is 6.68. The van der Waals surface area contributed by atoms with E-state index in [9.17, 15) is 14.4 Å². The minimum Gasteiger partial charge on any atom is -0.452 e. The lowest BCUT2D eigenvalue weighted by atomic mass is 10.2. The number of rotatable bonds is 7. The summed E-state index contributed by atoms with van der Waals surface area (Å²) in [5.74, 6) is -1.38. The predicted octanol–water partition coefficient (Wildman–Crippen LogP) is 2.31. The average molecular weight is 383 g/mol. The highest BCUT2D eigenvalue weighted by atomic mass is 16.5. The standard InChI is InChI=1S/C21H25N3O4/c1-15-8-10-17(11-9-15)22-19(25)13-24(4)20(26)14-28-21(27)16-6-5-7-18(12-16)23(2)3/h5-12H,13-14H2,1-4H3,(H,22,25). The molecule has 0 aromatic heterocycles. The summed E-state index contributed by atoms with van der Waals surface area (Å²) in [6.07, 6.45) is 0. The third kappa shape index (κ3) is 6.12. The molecule has 148 valence electrons. The Bertz CT molecular complexity index is 847. The van der Waals surface area contributed by atoms with Gasteiger partial charge in [0.25, 0.3) is 5.91 Å². The van der Waals surface area contributed by atoms with Crippen LogP contribution in [0.15, 0.2) is 48.5 Å². The second kappa shape index (κ2) is 9.55. The first kappa shape index (κ1) is 21.0. The van der Waals surface area contributed by atoms with Gasteiger partial charge in [-0.2, -0.15) is 0 Å². The summed E-state index contributed by atoms with van der Waals surface area (Å²) in [4.78, 5) is 39.4. The fourth-order valence-electron chi connectivity index (χ4n) is 2.37. The number of amides is 2. The van der Waals surface area contributed by atoms with E-state index in [1.807, 2.05) is 44.1 Å². The van der Waals surface area contributed by atoms with E-state index in [2.05, 4.69) is 5.32 Å². The smallest absolute Gasteiger partial charge is 0.338 e. The van der Waals surface area contributed by atoms with Gasteiger partial charge in [0.1, 0.15) is 0 Å². The number of hydrogen-bond donors (Lipinski definition) is 1. The van der Waals surface area contributed by atoms with Crippen molar-refractivity contribution in [1.29, 1.82) is 0 Å². The number of ether oxygens (including phenoxy) is 1. The number of carbonyl (C=O) groups excluding carboxylic acids is 3. The van der Waals surface area contributed by atoms with Gasteiger partial charge < -0.3 is 19.9 Å². The summed E-state index contributed by atoms with van der Waals surface area (Å²) in [5, 5.41) is 2.72. The van der Waals surface area contributed by atoms with E-state index in [1.165, 1.54) is 11.9 Å². The van der Waals surface area contributed by atoms with E-state index in [0.29, 0.717) is 11.3 Å². The van der Waals surface area contributed by atoms with Crippen LogP contribution in [0.3, 0.4) is 0 Å². The molecule has 0 saturated carbocycles. The van der Waals surface area contributed by atoms with Crippen molar-refractivity contribution in [2.75, 3.05) is 44.5 Å². The van der Waals surface area contributed by atoms with Crippen LogP contribution >= 0.6 is 0 Å². The Morgan fingerprint density at radius 2 is 1.68 bits per heavy atom. The molecule has 7 heteroatoms. The highest BCUT2D eigenvalue weighted by Crippen LogP contribution is 2.14. The van der Waals surface area contributed by atoms with Crippen LogP contribution in [0.1, 0.15) is 15.9 Å². The summed E-state index contributed by atoms with van der Waals surface area (Å²) in [6.45, 7) is 1.38. The number of aryl methyl sites for hydroxylation is 1. The molecule has 2 rings (SSSR count). The molecule has 0 bridgehead atoms. The number of esters is 1. The Labute approximate surface area is 164 Å². The Morgan fingerprint density at radius 3 is 2.32 bits per heavy atom. The van der Waals surface area contributed by atoms with Gasteiger partial charge >= 0.3 is 5.97 Å². The first-order valence-electron chi connectivity index (χ1n) is 8.81. The van der Waals surface area contributed by atoms with Gasteiger partial charge in [0.05, 0.1) is 12.1 Å². The van der Waals surface area contributed by atoms with Crippen molar-refractivity contribution in [3.05, 3.63) is 59.7 Å². The van der Waals surface area contributed by atoms with Crippen LogP contribution in [0, 0.1) is 6.92 Å². The molecule has 0 heterocycles. The number of nitrogens with zero attached hydrogens (tertiary/aromatic N) is 2. The Morgan fingerprint density at radius 1 is 1.00 bits per heavy atom. The molecule has 28 heavy (non-hydrogen) atoms. The fourth-order valence-corrected chi connectivity index (χ4v) is 2.37. The van der Waals surface area contributed by atoms with Crippen molar-refractivity contribution in [1.82, 2.24) is 4.90 Å². The van der Waals surface area contributed by atoms with Crippen molar-refractivity contribution in [2.45, 2.75) is 6.92 Å². The van der Waals surface area contributed by atoms with E-state index in [0.717, 1.165) is 11.3 Å². The van der Waals surface area contributed by atoms with E-state index < -0.39 is 18.5 Å². The lowest BCUT2D eigenvalue weighted by Gasteiger charge is -2.17. The zero-order valence-electron chi connectivity index (χ0n) is 16.6. The third-order valence-electron chi connectivity index (χ3n) is 4.07. The Hall–Kier alpha value is -3.35. The molecule has 1 N–H and O–H groups in total. The fraction of sp³-hybridized carbons (Fsp3) is 0.286. The molecule has 0 fully saturated rings. The summed E-state index contributed by atoms with van der Waals surface area (Å²) in [5.41, 5.74) is 2.95. The SMILES string of the molecule is Cc1ccc(NC(=O)CN(C)C(=O)COC(=O)c2cccc(N(C)C)c2)cc1. The third-order valence-corrected chi connectivity index (χ3v) is 4.07. The highest BCUT2D eigenvalue weighted by molar-refractivity contribution is 5.95. The number of nitrogens with one attached hydrogen (secondary N) is 1. The Kier molecular flexibility index (Phi) is 7.14. The molecule has 0 spiro atoms. The van der Waals surface area contributed by atoms with Crippen LogP contribution < -0.4 is 10.2 Å². The molecule has 7 nitrogen and oxygen atoms in total. The lowest BCUT2D eigenvalue weighted by Crippen LogP contribution is -2.37. The molecule has 0 aliphatic rings. The molecule has 2 aromatic carbocycles. The van der Waals surface area contributed by atoms with Gasteiger partial charge in [0, 0.05) is 32.5 Å². The van der Waals surface area contributed by atoms with Crippen molar-refractivity contribution in [3.8, 4) is 0 Å². The van der Waals surface area contributed by atoms with E-state index in [1.54, 1.807) is 30.3 Å². The molecule has 0 unspecified atom stereocenters. The summed E-state index contributed by atoms with van der Waals surface area (Å²) in [6, 6.07) is 14.3. The maximum Gasteiger partial charge on any atom is 0.338 e. The zero-order valence-corrected chi connectivity index (χ0v) is 16.6. The van der Waals surface area contributed by atoms with Crippen LogP contribution in [0.4, 0.5) is 11.4 Å². The molecule has 0 radical (unpaired) electrons. The van der Waals surface area contributed by atoms with Crippen molar-refractivity contribution in [2.24, 2.45) is 0 Å². The summed E-state index contributed by atoms with van der Waals surface area (Å²) in [7, 11) is 5.22. The maximum atomic E-state index is 12.1. The quantitative estimate of drug-likeness (QED) is 0.743. The van der Waals surface area contributed by atoms with E-state index >= 15 is 0 Å². The first-order chi connectivity index (χ1) is 13.3. The van der Waals surface area contributed by atoms with Gasteiger partial charge in [-0.15, -0.1) is 0 Å². The van der Waals surface area contributed by atoms with Crippen LogP contribution in [0.25, 0.3) is 0 Å². The van der Waals surface area contributed by atoms with Gasteiger partial charge in [-0.05, 0) is 37.3 Å². The normalized spacial score (nSPS) is 10.1. The van der Waals surface area contributed by atoms with Gasteiger partial charge in [0.2, 0.25) is 5.91 Å². The van der Waals surface area contributed by atoms with Crippen LogP contribution in [-0.4, -0.2) is 57.0 Å². The van der Waals surface area contributed by atoms with Gasteiger partial charge in [-0.1, -0.05) is 23.8 Å². The van der Waals surface area contributed by atoms with E-state index in [-0.39, 0.29) is 12.5 Å². The molecular formula is C21H25N3O4. The highest BCUT2D eigenvalue weighted by Gasteiger charge is 2.16. The van der Waals surface area contributed by atoms with Crippen LogP contribution in [-0.2, 0) is 14.3 Å². The molecule has 0 saturated heterocycles. The maximum absolute atomic E-state index is 12.1. The molecule has 0 aliphatic heterocycles. The largest absolute Gasteiger partial charge is 0.452 e. The topological polar surface area (TPSA) is 79.0 Å². The molecule has 0 aliphatic carbocycles. The van der Waals surface area contributed by atoms with Crippen LogP contribution in [0.5, 0.6) is 0 Å². The monoisotopic (exact) mass is 383 g/mol. The van der Waals surface area contributed by atoms with Crippen LogP contribution in [0.2, 0.25) is 0 Å². The first-order valence-corrected chi connectivity index (χ1v) is 8.81. The van der Waals surface area contributed by atoms with Crippen molar-refractivity contribution in [3.63, 3.8) is 0 Å². The molecular weight excluding hydrogens is 358 g/mol. The minimum atomic E-state index is -0.588. The number of hydrogen-bond acceptors (Lipinski definition) is 5. The number of carbonyl (C=O) groups is 3. The Balaban J connectivity index is 1.83. The van der Waals surface area contributed by atoms with E-state index in [4.69, 9.17) is 4.74 Å². The average Bonchev–Trinajstić information content (AvgIpc) is 2.67. The van der Waals surface area contributed by atoms with Gasteiger partial charge in [0.15, 0.2) is 6.61 Å². The summed E-state index contributed by atoms with van der Waals surface area (Å²) >= 11 is 0. The number of anilines is 2. The number of benzene rings is 2. The van der Waals surface area contributed by atoms with Crippen molar-refractivity contribution >= 4 is 29.2 Å². The summed E-state index contributed by atoms with van der Waals surface area (Å²) < 4.78 is 5.08. The van der Waals surface area contributed by atoms with Gasteiger partial charge in [-0.25, -0.2) is 4.79 Å². The number of likely N-dealkylation sites (N-methyl/N-ethyl adjacent to an activating group) is 1. The second-order valence-electron chi connectivity index (χ2n) is 6.68. The molecule has 2 amide bonds. The van der Waals surface area contributed by atoms with Crippen molar-refractivity contribution < 1.29 is 19.1 Å². The lowest BCUT2D eigenvalue weighted by molar-refractivity contribution is -0.136. The predicted molar refractivity (Wildman–Crippen MR) is 108 cm³/mol. The van der Waals surface area contributed by atoms with Gasteiger partial charge in [-0.3, -0.25) is 9.59 Å². The molecule has 2 aromatic rings.